The predicted molar refractivity (Wildman–Crippen MR) is 49.4 cm³/mol. The highest BCUT2D eigenvalue weighted by molar-refractivity contribution is 7.00. The fourth-order valence-corrected chi connectivity index (χ4v) is 0.755. The maximum absolute atomic E-state index is 10.3. The molecule has 14 heavy (non-hydrogen) atoms. The fourth-order valence-electron chi connectivity index (χ4n) is 0.755. The van der Waals surface area contributed by atoms with Crippen LogP contribution in [0, 0.1) is 0 Å². The quantitative estimate of drug-likeness (QED) is 0.728. The third-order valence-corrected chi connectivity index (χ3v) is 1.38. The van der Waals surface area contributed by atoms with E-state index in [0.29, 0.717) is 0 Å². The number of aromatic carboxylic acids is 2. The molecule has 0 aliphatic rings. The van der Waals surface area contributed by atoms with Gasteiger partial charge in [0, 0.05) is 0 Å². The van der Waals surface area contributed by atoms with Gasteiger partial charge in [-0.15, -0.1) is 0 Å². The van der Waals surface area contributed by atoms with Crippen molar-refractivity contribution in [2.24, 2.45) is 0 Å². The summed E-state index contributed by atoms with van der Waals surface area (Å²) in [6.07, 6.45) is 0. The summed E-state index contributed by atoms with van der Waals surface area (Å²) in [4.78, 5) is 20.7. The summed E-state index contributed by atoms with van der Waals surface area (Å²) >= 11 is 0. The molecular formula is C8H7O5P. The molecule has 0 unspecified atom stereocenters. The minimum atomic E-state index is -1.06. The lowest BCUT2D eigenvalue weighted by Gasteiger charge is -1.94. The Labute approximate surface area is 81.6 Å². The topological polar surface area (TPSA) is 91.7 Å². The van der Waals surface area contributed by atoms with Gasteiger partial charge in [0.15, 0.2) is 0 Å². The van der Waals surface area contributed by atoms with Gasteiger partial charge in [-0.25, -0.2) is 9.59 Å². The molecule has 5 nitrogen and oxygen atoms in total. The van der Waals surface area contributed by atoms with Gasteiger partial charge in [-0.1, -0.05) is 0 Å². The Hall–Kier alpha value is -1.74. The largest absolute Gasteiger partial charge is 0.478 e. The van der Waals surface area contributed by atoms with E-state index in [2.05, 4.69) is 0 Å². The zero-order chi connectivity index (χ0) is 11.1. The van der Waals surface area contributed by atoms with E-state index in [-0.39, 0.29) is 11.1 Å². The first-order valence-corrected chi connectivity index (χ1v) is 3.79. The van der Waals surface area contributed by atoms with Crippen LogP contribution in [0.3, 0.4) is 0 Å². The van der Waals surface area contributed by atoms with Crippen LogP contribution in [-0.2, 0) is 4.57 Å². The second-order valence-corrected chi connectivity index (χ2v) is 2.19. The standard InChI is InChI=1S/C8H6O4.HOP/c9-7(10)5-1-2-6(4-3-5)8(11)12;1-2/h1-4H,(H,9,10)(H,11,12);2H. The van der Waals surface area contributed by atoms with Gasteiger partial charge in [-0.05, 0) is 24.3 Å². The Balaban J connectivity index is 0.000000791. The summed E-state index contributed by atoms with van der Waals surface area (Å²) < 4.78 is 8.06. The normalized spacial score (nSPS) is 8.29. The summed E-state index contributed by atoms with van der Waals surface area (Å²) in [5.74, 6) is -2.13. The van der Waals surface area contributed by atoms with E-state index in [4.69, 9.17) is 14.8 Å². The van der Waals surface area contributed by atoms with Gasteiger partial charge in [0.1, 0.15) is 9.12 Å². The molecule has 0 saturated heterocycles. The summed E-state index contributed by atoms with van der Waals surface area (Å²) in [6.45, 7) is 0. The van der Waals surface area contributed by atoms with Crippen molar-refractivity contribution in [1.82, 2.24) is 0 Å². The van der Waals surface area contributed by atoms with Crippen molar-refractivity contribution >= 4 is 21.1 Å². The van der Waals surface area contributed by atoms with E-state index in [9.17, 15) is 9.59 Å². The smallest absolute Gasteiger partial charge is 0.335 e. The Morgan fingerprint density at radius 3 is 1.21 bits per heavy atom. The molecule has 2 N–H and O–H groups in total. The van der Waals surface area contributed by atoms with E-state index in [1.54, 1.807) is 9.12 Å². The Morgan fingerprint density at radius 2 is 1.07 bits per heavy atom. The van der Waals surface area contributed by atoms with E-state index in [1.165, 1.54) is 24.3 Å². The lowest BCUT2D eigenvalue weighted by Crippen LogP contribution is -1.99. The number of hydrogen-bond donors (Lipinski definition) is 2. The van der Waals surface area contributed by atoms with Gasteiger partial charge < -0.3 is 10.2 Å². The molecular weight excluding hydrogens is 207 g/mol. The highest BCUT2D eigenvalue weighted by atomic mass is 31.0. The number of carboxylic acid groups (broad SMARTS) is 2. The third-order valence-electron chi connectivity index (χ3n) is 1.38. The van der Waals surface area contributed by atoms with Crippen molar-refractivity contribution in [3.05, 3.63) is 35.4 Å². The molecule has 1 aromatic rings. The van der Waals surface area contributed by atoms with Crippen LogP contribution in [0.15, 0.2) is 24.3 Å². The lowest BCUT2D eigenvalue weighted by atomic mass is 10.1. The molecule has 0 aromatic heterocycles. The van der Waals surface area contributed by atoms with Gasteiger partial charge in [-0.2, -0.15) is 0 Å². The third kappa shape index (κ3) is 3.33. The lowest BCUT2D eigenvalue weighted by molar-refractivity contribution is 0.0681. The average molecular weight is 214 g/mol. The van der Waals surface area contributed by atoms with Gasteiger partial charge in [0.05, 0.1) is 11.1 Å². The van der Waals surface area contributed by atoms with Gasteiger partial charge in [0.2, 0.25) is 0 Å². The summed E-state index contributed by atoms with van der Waals surface area (Å²) in [6, 6.07) is 5.02. The predicted octanol–water partition coefficient (Wildman–Crippen LogP) is 1.56. The van der Waals surface area contributed by atoms with E-state index < -0.39 is 11.9 Å². The molecule has 0 heterocycles. The van der Waals surface area contributed by atoms with Crippen molar-refractivity contribution in [3.8, 4) is 0 Å². The minimum absolute atomic E-state index is 0.0833. The molecule has 0 saturated carbocycles. The first kappa shape index (κ1) is 12.3. The molecule has 0 radical (unpaired) electrons. The number of rotatable bonds is 2. The van der Waals surface area contributed by atoms with Crippen molar-refractivity contribution in [3.63, 3.8) is 0 Å². The molecule has 0 atom stereocenters. The molecule has 1 rings (SSSR count). The molecule has 74 valence electrons. The second kappa shape index (κ2) is 5.83. The average Bonchev–Trinajstić information content (AvgIpc) is 2.21. The minimum Gasteiger partial charge on any atom is -0.478 e. The number of benzene rings is 1. The van der Waals surface area contributed by atoms with E-state index in [0.717, 1.165) is 0 Å². The summed E-state index contributed by atoms with van der Waals surface area (Å²) in [7, 11) is 1.72. The molecule has 0 aliphatic heterocycles. The molecule has 0 fully saturated rings. The Kier molecular flexibility index (Phi) is 5.10. The van der Waals surface area contributed by atoms with Crippen LogP contribution in [0.25, 0.3) is 0 Å². The van der Waals surface area contributed by atoms with Crippen LogP contribution in [-0.4, -0.2) is 22.2 Å². The molecule has 1 aromatic carbocycles. The van der Waals surface area contributed by atoms with Crippen LogP contribution < -0.4 is 0 Å². The van der Waals surface area contributed by atoms with Crippen molar-refractivity contribution in [2.45, 2.75) is 0 Å². The maximum Gasteiger partial charge on any atom is 0.335 e. The van der Waals surface area contributed by atoms with Gasteiger partial charge in [-0.3, -0.25) is 4.57 Å². The Morgan fingerprint density at radius 1 is 0.857 bits per heavy atom. The number of carboxylic acids is 2. The zero-order valence-corrected chi connectivity index (χ0v) is 7.93. The molecule has 0 spiro atoms. The summed E-state index contributed by atoms with van der Waals surface area (Å²) in [5.41, 5.74) is 0.167. The Bertz CT molecular complexity index is 299. The van der Waals surface area contributed by atoms with E-state index in [1.807, 2.05) is 0 Å². The number of carbonyl (C=O) groups is 2. The van der Waals surface area contributed by atoms with Crippen LogP contribution in [0.2, 0.25) is 0 Å². The van der Waals surface area contributed by atoms with Crippen LogP contribution in [0.1, 0.15) is 20.7 Å². The van der Waals surface area contributed by atoms with Crippen LogP contribution in [0.5, 0.6) is 0 Å². The maximum atomic E-state index is 10.3. The highest BCUT2D eigenvalue weighted by Crippen LogP contribution is 2.03. The van der Waals surface area contributed by atoms with Crippen molar-refractivity contribution < 1.29 is 24.4 Å². The second-order valence-electron chi connectivity index (χ2n) is 2.19. The highest BCUT2D eigenvalue weighted by Gasteiger charge is 2.04. The van der Waals surface area contributed by atoms with Crippen LogP contribution in [0.4, 0.5) is 0 Å². The van der Waals surface area contributed by atoms with Crippen molar-refractivity contribution in [1.29, 1.82) is 0 Å². The molecule has 0 aliphatic carbocycles. The molecule has 0 amide bonds. The first-order chi connectivity index (χ1) is 6.61. The van der Waals surface area contributed by atoms with Gasteiger partial charge in [0.25, 0.3) is 0 Å². The summed E-state index contributed by atoms with van der Waals surface area (Å²) in [5, 5.41) is 16.9. The SMILES string of the molecule is O=C(O)c1ccc(C(=O)O)cc1.O=P. The fraction of sp³-hybridized carbons (Fsp3) is 0. The monoisotopic (exact) mass is 214 g/mol. The molecule has 0 bridgehead atoms. The van der Waals surface area contributed by atoms with Crippen molar-refractivity contribution in [2.75, 3.05) is 0 Å². The molecule has 6 heteroatoms. The van der Waals surface area contributed by atoms with E-state index >= 15 is 0 Å². The first-order valence-electron chi connectivity index (χ1n) is 3.38. The van der Waals surface area contributed by atoms with Gasteiger partial charge >= 0.3 is 11.9 Å². The number of hydrogen-bond acceptors (Lipinski definition) is 3. The zero-order valence-electron chi connectivity index (χ0n) is 6.93. The van der Waals surface area contributed by atoms with Crippen LogP contribution >= 0.6 is 9.12 Å².